The van der Waals surface area contributed by atoms with Gasteiger partial charge in [-0.25, -0.2) is 4.79 Å². The number of ether oxygens (including phenoxy) is 2. The van der Waals surface area contributed by atoms with Gasteiger partial charge in [-0.2, -0.15) is 0 Å². The minimum atomic E-state index is -0.265. The average Bonchev–Trinajstić information content (AvgIpc) is 2.50. The first-order chi connectivity index (χ1) is 9.63. The summed E-state index contributed by atoms with van der Waals surface area (Å²) in [6.07, 6.45) is 2.54. The van der Waals surface area contributed by atoms with Gasteiger partial charge in [0.1, 0.15) is 5.75 Å². The van der Waals surface area contributed by atoms with Crippen molar-refractivity contribution in [3.05, 3.63) is 41.5 Å². The molecule has 1 atom stereocenters. The molecule has 0 bridgehead atoms. The lowest BCUT2D eigenvalue weighted by Crippen LogP contribution is -2.20. The summed E-state index contributed by atoms with van der Waals surface area (Å²) in [5.41, 5.74) is 1.78. The van der Waals surface area contributed by atoms with Gasteiger partial charge in [0.05, 0.1) is 14.2 Å². The van der Waals surface area contributed by atoms with Crippen molar-refractivity contribution in [1.29, 1.82) is 0 Å². The molecule has 0 saturated carbocycles. The zero-order valence-corrected chi connectivity index (χ0v) is 12.6. The lowest BCUT2D eigenvalue weighted by molar-refractivity contribution is -0.136. The van der Waals surface area contributed by atoms with E-state index in [1.165, 1.54) is 7.11 Å². The Morgan fingerprint density at radius 3 is 2.65 bits per heavy atom. The van der Waals surface area contributed by atoms with E-state index in [4.69, 9.17) is 9.47 Å². The van der Waals surface area contributed by atoms with E-state index >= 15 is 0 Å². The number of nitrogens with one attached hydrogen (secondary N) is 1. The molecule has 1 rings (SSSR count). The summed E-state index contributed by atoms with van der Waals surface area (Å²) in [6.45, 7) is 4.61. The van der Waals surface area contributed by atoms with Crippen LogP contribution in [0.1, 0.15) is 31.9 Å². The second kappa shape index (κ2) is 8.38. The fraction of sp³-hybridized carbons (Fsp3) is 0.438. The van der Waals surface area contributed by atoms with Gasteiger partial charge in [0, 0.05) is 23.7 Å². The van der Waals surface area contributed by atoms with E-state index in [0.717, 1.165) is 11.3 Å². The van der Waals surface area contributed by atoms with Crippen molar-refractivity contribution in [1.82, 2.24) is 5.32 Å². The largest absolute Gasteiger partial charge is 0.496 e. The van der Waals surface area contributed by atoms with Gasteiger partial charge < -0.3 is 14.8 Å². The first-order valence-electron chi connectivity index (χ1n) is 6.77. The van der Waals surface area contributed by atoms with Gasteiger partial charge in [0.25, 0.3) is 0 Å². The summed E-state index contributed by atoms with van der Waals surface area (Å²) in [5.74, 6) is 0.597. The fourth-order valence-electron chi connectivity index (χ4n) is 2.00. The van der Waals surface area contributed by atoms with Gasteiger partial charge in [0.15, 0.2) is 0 Å². The van der Waals surface area contributed by atoms with E-state index in [-0.39, 0.29) is 12.0 Å². The number of carbonyl (C=O) groups excluding carboxylic acids is 1. The van der Waals surface area contributed by atoms with Gasteiger partial charge in [-0.15, -0.1) is 0 Å². The molecular weight excluding hydrogens is 254 g/mol. The molecule has 0 aliphatic heterocycles. The van der Waals surface area contributed by atoms with Crippen molar-refractivity contribution in [2.45, 2.75) is 26.3 Å². The lowest BCUT2D eigenvalue weighted by atomic mass is 10.1. The van der Waals surface area contributed by atoms with Crippen LogP contribution in [0.3, 0.4) is 0 Å². The first-order valence-corrected chi connectivity index (χ1v) is 6.77. The number of benzene rings is 1. The number of methoxy groups -OCH3 is 2. The summed E-state index contributed by atoms with van der Waals surface area (Å²) in [6, 6.07) is 8.04. The Bertz CT molecular complexity index is 469. The predicted molar refractivity (Wildman–Crippen MR) is 79.8 cm³/mol. The number of rotatable bonds is 7. The summed E-state index contributed by atoms with van der Waals surface area (Å²) >= 11 is 0. The van der Waals surface area contributed by atoms with Crippen LogP contribution in [0, 0.1) is 0 Å². The smallest absolute Gasteiger partial charge is 0.333 e. The molecular formula is C16H23NO3. The monoisotopic (exact) mass is 277 g/mol. The topological polar surface area (TPSA) is 47.6 Å². The van der Waals surface area contributed by atoms with Crippen LogP contribution in [-0.2, 0) is 9.53 Å². The van der Waals surface area contributed by atoms with Crippen molar-refractivity contribution in [2.24, 2.45) is 0 Å². The normalized spacial score (nSPS) is 12.9. The van der Waals surface area contributed by atoms with Gasteiger partial charge in [0.2, 0.25) is 0 Å². The third-order valence-corrected chi connectivity index (χ3v) is 3.21. The van der Waals surface area contributed by atoms with E-state index in [9.17, 15) is 4.79 Å². The minimum Gasteiger partial charge on any atom is -0.496 e. The lowest BCUT2D eigenvalue weighted by Gasteiger charge is -2.16. The van der Waals surface area contributed by atoms with Crippen LogP contribution >= 0.6 is 0 Å². The molecule has 0 fully saturated rings. The van der Waals surface area contributed by atoms with Crippen LogP contribution in [0.25, 0.3) is 0 Å². The average molecular weight is 277 g/mol. The van der Waals surface area contributed by atoms with Crippen molar-refractivity contribution in [3.8, 4) is 5.75 Å². The molecule has 110 valence electrons. The molecule has 1 aromatic rings. The zero-order chi connectivity index (χ0) is 15.0. The molecule has 4 heteroatoms. The van der Waals surface area contributed by atoms with E-state index in [1.54, 1.807) is 7.11 Å². The predicted octanol–water partition coefficient (Wildman–Crippen LogP) is 2.86. The van der Waals surface area contributed by atoms with Crippen molar-refractivity contribution in [2.75, 3.05) is 20.8 Å². The maximum Gasteiger partial charge on any atom is 0.333 e. The Kier molecular flexibility index (Phi) is 6.81. The van der Waals surface area contributed by atoms with Gasteiger partial charge in [-0.1, -0.05) is 31.2 Å². The Labute approximate surface area is 120 Å². The maximum atomic E-state index is 11.5. The summed E-state index contributed by atoms with van der Waals surface area (Å²) in [5, 5.41) is 3.35. The Morgan fingerprint density at radius 1 is 1.35 bits per heavy atom. The summed E-state index contributed by atoms with van der Waals surface area (Å²) in [7, 11) is 3.06. The molecule has 0 saturated heterocycles. The van der Waals surface area contributed by atoms with Crippen LogP contribution in [0.5, 0.6) is 5.75 Å². The van der Waals surface area contributed by atoms with Crippen molar-refractivity contribution < 1.29 is 14.3 Å². The number of esters is 1. The molecule has 0 aromatic heterocycles. The first kappa shape index (κ1) is 16.2. The quantitative estimate of drug-likeness (QED) is 0.615. The highest BCUT2D eigenvalue weighted by Gasteiger charge is 2.10. The summed E-state index contributed by atoms with van der Waals surface area (Å²) < 4.78 is 10.1. The standard InChI is InChI=1S/C16H23NO3/c1-5-13(16(18)20-4)10-11-17-12(2)14-8-6-7-9-15(14)19-3/h6-10,12,17H,5,11H2,1-4H3/b13-10-/t12-/m1/s1. The molecule has 0 unspecified atom stereocenters. The molecule has 0 amide bonds. The molecule has 1 aromatic carbocycles. The van der Waals surface area contributed by atoms with E-state index in [0.29, 0.717) is 18.5 Å². The Hall–Kier alpha value is -1.81. The highest BCUT2D eigenvalue weighted by Crippen LogP contribution is 2.24. The molecule has 0 aliphatic rings. The summed E-state index contributed by atoms with van der Waals surface area (Å²) in [4.78, 5) is 11.5. The van der Waals surface area contributed by atoms with Crippen LogP contribution in [0.4, 0.5) is 0 Å². The Morgan fingerprint density at radius 2 is 2.05 bits per heavy atom. The maximum absolute atomic E-state index is 11.5. The number of carbonyl (C=O) groups is 1. The molecule has 1 N–H and O–H groups in total. The SMILES string of the molecule is CC/C(=C/CN[C@H](C)c1ccccc1OC)C(=O)OC. The second-order valence-corrected chi connectivity index (χ2v) is 4.45. The van der Waals surface area contributed by atoms with Gasteiger partial charge in [-0.3, -0.25) is 0 Å². The highest BCUT2D eigenvalue weighted by molar-refractivity contribution is 5.88. The zero-order valence-electron chi connectivity index (χ0n) is 12.6. The minimum absolute atomic E-state index is 0.137. The van der Waals surface area contributed by atoms with E-state index in [1.807, 2.05) is 37.3 Å². The molecule has 0 radical (unpaired) electrons. The molecule has 4 nitrogen and oxygen atoms in total. The number of para-hydroxylation sites is 1. The Balaban J connectivity index is 2.65. The van der Waals surface area contributed by atoms with Crippen LogP contribution in [0.2, 0.25) is 0 Å². The van der Waals surface area contributed by atoms with E-state index in [2.05, 4.69) is 12.2 Å². The second-order valence-electron chi connectivity index (χ2n) is 4.45. The van der Waals surface area contributed by atoms with Crippen molar-refractivity contribution >= 4 is 5.97 Å². The molecule has 0 aliphatic carbocycles. The van der Waals surface area contributed by atoms with Gasteiger partial charge in [-0.05, 0) is 19.4 Å². The number of hydrogen-bond donors (Lipinski definition) is 1. The van der Waals surface area contributed by atoms with Crippen molar-refractivity contribution in [3.63, 3.8) is 0 Å². The number of hydrogen-bond acceptors (Lipinski definition) is 4. The fourth-order valence-corrected chi connectivity index (χ4v) is 2.00. The third-order valence-electron chi connectivity index (χ3n) is 3.21. The molecule has 20 heavy (non-hydrogen) atoms. The van der Waals surface area contributed by atoms with Crippen LogP contribution < -0.4 is 10.1 Å². The van der Waals surface area contributed by atoms with Gasteiger partial charge >= 0.3 is 5.97 Å². The van der Waals surface area contributed by atoms with E-state index < -0.39 is 0 Å². The highest BCUT2D eigenvalue weighted by atomic mass is 16.5. The third kappa shape index (κ3) is 4.38. The molecule has 0 spiro atoms. The van der Waals surface area contributed by atoms with Crippen LogP contribution in [0.15, 0.2) is 35.9 Å². The van der Waals surface area contributed by atoms with Crippen LogP contribution in [-0.4, -0.2) is 26.7 Å². The molecule has 0 heterocycles.